The molecular formula is C20H26N2O. The number of carbonyl (C=O) groups excluding carboxylic acids is 1. The molecule has 1 unspecified atom stereocenters. The number of hydrogen-bond donors (Lipinski definition) is 1. The first kappa shape index (κ1) is 14.8. The van der Waals surface area contributed by atoms with Crippen LogP contribution in [-0.2, 0) is 17.6 Å². The van der Waals surface area contributed by atoms with Crippen molar-refractivity contribution in [2.24, 2.45) is 5.92 Å². The fourth-order valence-electron chi connectivity index (χ4n) is 4.39. The molecule has 0 radical (unpaired) electrons. The first-order valence-corrected chi connectivity index (χ1v) is 9.02. The normalized spacial score (nSPS) is 23.3. The van der Waals surface area contributed by atoms with Crippen LogP contribution in [0, 0.1) is 5.92 Å². The zero-order valence-corrected chi connectivity index (χ0v) is 14.2. The molecule has 0 saturated heterocycles. The van der Waals surface area contributed by atoms with Crippen molar-refractivity contribution >= 4 is 5.91 Å². The Balaban J connectivity index is 1.67. The summed E-state index contributed by atoms with van der Waals surface area (Å²) >= 11 is 0. The number of rotatable bonds is 2. The van der Waals surface area contributed by atoms with Gasteiger partial charge in [0.1, 0.15) is 0 Å². The Labute approximate surface area is 138 Å². The van der Waals surface area contributed by atoms with Crippen molar-refractivity contribution in [3.8, 4) is 0 Å². The maximum absolute atomic E-state index is 12.8. The highest BCUT2D eigenvalue weighted by Crippen LogP contribution is 2.40. The van der Waals surface area contributed by atoms with Crippen LogP contribution in [0.5, 0.6) is 0 Å². The van der Waals surface area contributed by atoms with Gasteiger partial charge in [0, 0.05) is 30.8 Å². The van der Waals surface area contributed by atoms with Crippen LogP contribution >= 0.6 is 0 Å². The molecule has 3 heteroatoms. The van der Waals surface area contributed by atoms with Gasteiger partial charge in [-0.15, -0.1) is 0 Å². The number of nitrogens with zero attached hydrogens (tertiary/aromatic N) is 1. The molecular weight excluding hydrogens is 284 g/mol. The van der Waals surface area contributed by atoms with Crippen LogP contribution in [0.3, 0.4) is 0 Å². The minimum Gasteiger partial charge on any atom is -0.388 e. The molecule has 1 aromatic carbocycles. The molecule has 0 fully saturated rings. The Morgan fingerprint density at radius 2 is 2.17 bits per heavy atom. The van der Waals surface area contributed by atoms with E-state index in [9.17, 15) is 4.79 Å². The minimum atomic E-state index is 0.240. The zero-order valence-electron chi connectivity index (χ0n) is 14.2. The summed E-state index contributed by atoms with van der Waals surface area (Å²) in [6, 6.07) is 7.18. The van der Waals surface area contributed by atoms with Gasteiger partial charge in [0.15, 0.2) is 0 Å². The summed E-state index contributed by atoms with van der Waals surface area (Å²) < 4.78 is 0. The average Bonchev–Trinajstić information content (AvgIpc) is 2.54. The molecule has 0 spiro atoms. The molecule has 0 aliphatic carbocycles. The van der Waals surface area contributed by atoms with E-state index in [0.29, 0.717) is 5.92 Å². The highest BCUT2D eigenvalue weighted by Gasteiger charge is 2.38. The first-order chi connectivity index (χ1) is 11.1. The van der Waals surface area contributed by atoms with Gasteiger partial charge in [0.25, 0.3) is 5.91 Å². The van der Waals surface area contributed by atoms with Crippen molar-refractivity contribution in [1.29, 1.82) is 0 Å². The molecule has 1 atom stereocenters. The summed E-state index contributed by atoms with van der Waals surface area (Å²) in [6.07, 6.45) is 5.14. The fraction of sp³-hybridized carbons (Fsp3) is 0.550. The molecule has 1 aromatic rings. The number of carbonyl (C=O) groups is 1. The van der Waals surface area contributed by atoms with Crippen LogP contribution in [0.1, 0.15) is 55.8 Å². The van der Waals surface area contributed by atoms with E-state index in [-0.39, 0.29) is 11.9 Å². The third-order valence-electron chi connectivity index (χ3n) is 5.43. The van der Waals surface area contributed by atoms with Crippen LogP contribution < -0.4 is 5.32 Å². The van der Waals surface area contributed by atoms with Crippen molar-refractivity contribution < 1.29 is 4.79 Å². The second kappa shape index (κ2) is 5.70. The van der Waals surface area contributed by atoms with Crippen LogP contribution in [0.2, 0.25) is 0 Å². The minimum absolute atomic E-state index is 0.240. The second-order valence-electron chi connectivity index (χ2n) is 7.59. The third-order valence-corrected chi connectivity index (χ3v) is 5.43. The van der Waals surface area contributed by atoms with Crippen LogP contribution in [0.4, 0.5) is 0 Å². The Hall–Kier alpha value is -1.77. The molecule has 23 heavy (non-hydrogen) atoms. The van der Waals surface area contributed by atoms with E-state index < -0.39 is 0 Å². The maximum Gasteiger partial charge on any atom is 0.252 e. The standard InChI is InChI=1S/C20H26N2O/c1-13(2)10-14-5-6-16-15(11-14)7-9-22-19(16)12-18-17(20(22)23)4-3-8-21-18/h5-6,11,13,19,21H,3-4,7-10,12H2,1-2H3. The quantitative estimate of drug-likeness (QED) is 0.908. The van der Waals surface area contributed by atoms with E-state index >= 15 is 0 Å². The monoisotopic (exact) mass is 310 g/mol. The van der Waals surface area contributed by atoms with E-state index in [1.54, 1.807) is 0 Å². The molecule has 0 saturated carbocycles. The predicted molar refractivity (Wildman–Crippen MR) is 92.0 cm³/mol. The topological polar surface area (TPSA) is 32.3 Å². The lowest BCUT2D eigenvalue weighted by molar-refractivity contribution is -0.131. The van der Waals surface area contributed by atoms with Gasteiger partial charge in [-0.1, -0.05) is 32.0 Å². The van der Waals surface area contributed by atoms with Gasteiger partial charge in [0.05, 0.1) is 6.04 Å². The molecule has 0 aromatic heterocycles. The van der Waals surface area contributed by atoms with Gasteiger partial charge in [-0.05, 0) is 48.3 Å². The fourth-order valence-corrected chi connectivity index (χ4v) is 4.39. The van der Waals surface area contributed by atoms with E-state index in [1.165, 1.54) is 22.4 Å². The Morgan fingerprint density at radius 3 is 3.00 bits per heavy atom. The van der Waals surface area contributed by atoms with Crippen molar-refractivity contribution in [2.75, 3.05) is 13.1 Å². The highest BCUT2D eigenvalue weighted by molar-refractivity contribution is 5.95. The zero-order chi connectivity index (χ0) is 16.0. The van der Waals surface area contributed by atoms with E-state index in [1.807, 2.05) is 0 Å². The average molecular weight is 310 g/mol. The number of nitrogens with one attached hydrogen (secondary N) is 1. The number of benzene rings is 1. The molecule has 122 valence electrons. The molecule has 3 heterocycles. The summed E-state index contributed by atoms with van der Waals surface area (Å²) in [5, 5.41) is 3.48. The molecule has 0 bridgehead atoms. The molecule has 3 aliphatic rings. The molecule has 1 amide bonds. The number of amides is 1. The summed E-state index contributed by atoms with van der Waals surface area (Å²) in [7, 11) is 0. The van der Waals surface area contributed by atoms with Crippen LogP contribution in [0.25, 0.3) is 0 Å². The van der Waals surface area contributed by atoms with Gasteiger partial charge < -0.3 is 10.2 Å². The summed E-state index contributed by atoms with van der Waals surface area (Å²) in [5.41, 5.74) is 6.52. The lowest BCUT2D eigenvalue weighted by Crippen LogP contribution is -2.46. The summed E-state index contributed by atoms with van der Waals surface area (Å²) in [6.45, 7) is 6.42. The predicted octanol–water partition coefficient (Wildman–Crippen LogP) is 3.35. The van der Waals surface area contributed by atoms with Gasteiger partial charge in [-0.25, -0.2) is 0 Å². The van der Waals surface area contributed by atoms with Crippen LogP contribution in [0.15, 0.2) is 29.5 Å². The van der Waals surface area contributed by atoms with Gasteiger partial charge in [-0.3, -0.25) is 4.79 Å². The molecule has 1 N–H and O–H groups in total. The SMILES string of the molecule is CC(C)Cc1ccc2c(c1)CCN1C(=O)C3=C(CC21)NCCC3. The van der Waals surface area contributed by atoms with E-state index in [0.717, 1.165) is 50.8 Å². The lowest BCUT2D eigenvalue weighted by Gasteiger charge is -2.43. The third kappa shape index (κ3) is 2.56. The van der Waals surface area contributed by atoms with Gasteiger partial charge >= 0.3 is 0 Å². The molecule has 3 nitrogen and oxygen atoms in total. The van der Waals surface area contributed by atoms with Crippen molar-refractivity contribution in [2.45, 2.75) is 52.0 Å². The number of hydrogen-bond acceptors (Lipinski definition) is 2. The van der Waals surface area contributed by atoms with Crippen LogP contribution in [-0.4, -0.2) is 23.9 Å². The Morgan fingerprint density at radius 1 is 1.30 bits per heavy atom. The largest absolute Gasteiger partial charge is 0.388 e. The van der Waals surface area contributed by atoms with Crippen molar-refractivity contribution in [1.82, 2.24) is 10.2 Å². The smallest absolute Gasteiger partial charge is 0.252 e. The number of fused-ring (bicyclic) bond motifs is 3. The summed E-state index contributed by atoms with van der Waals surface area (Å²) in [4.78, 5) is 15.0. The Kier molecular flexibility index (Phi) is 3.67. The van der Waals surface area contributed by atoms with Gasteiger partial charge in [-0.2, -0.15) is 0 Å². The highest BCUT2D eigenvalue weighted by atomic mass is 16.2. The van der Waals surface area contributed by atoms with Crippen molar-refractivity contribution in [3.63, 3.8) is 0 Å². The molecule has 4 rings (SSSR count). The van der Waals surface area contributed by atoms with E-state index in [4.69, 9.17) is 0 Å². The van der Waals surface area contributed by atoms with Crippen molar-refractivity contribution in [3.05, 3.63) is 46.2 Å². The van der Waals surface area contributed by atoms with Gasteiger partial charge in [0.2, 0.25) is 0 Å². The second-order valence-corrected chi connectivity index (χ2v) is 7.59. The lowest BCUT2D eigenvalue weighted by atomic mass is 9.83. The maximum atomic E-state index is 12.8. The van der Waals surface area contributed by atoms with E-state index in [2.05, 4.69) is 42.3 Å². The Bertz CT molecular complexity index is 674. The molecule has 3 aliphatic heterocycles. The summed E-state index contributed by atoms with van der Waals surface area (Å²) in [5.74, 6) is 0.962. The first-order valence-electron chi connectivity index (χ1n) is 9.02.